The molecule has 29 heavy (non-hydrogen) atoms. The van der Waals surface area contributed by atoms with E-state index in [1.165, 1.54) is 27.0 Å². The van der Waals surface area contributed by atoms with Crippen LogP contribution in [0.1, 0.15) is 25.5 Å². The van der Waals surface area contributed by atoms with Crippen molar-refractivity contribution in [1.29, 1.82) is 0 Å². The van der Waals surface area contributed by atoms with Gasteiger partial charge in [-0.15, -0.1) is 0 Å². The molecule has 1 aromatic heterocycles. The van der Waals surface area contributed by atoms with E-state index in [0.717, 1.165) is 5.03 Å². The molecule has 0 bridgehead atoms. The topological polar surface area (TPSA) is 27.4 Å². The van der Waals surface area contributed by atoms with Crippen LogP contribution in [-0.2, 0) is 0 Å². The second-order valence-corrected chi connectivity index (χ2v) is 8.16. The molecular weight excluding hydrogens is 444 g/mol. The fourth-order valence-corrected chi connectivity index (χ4v) is 4.71. The van der Waals surface area contributed by atoms with Crippen LogP contribution in [0.4, 0.5) is 5.69 Å². The fourth-order valence-electron chi connectivity index (χ4n) is 3.61. The average molecular weight is 469 g/mol. The van der Waals surface area contributed by atoms with Crippen molar-refractivity contribution in [2.24, 2.45) is 0 Å². The monoisotopic (exact) mass is 468 g/mol. The van der Waals surface area contributed by atoms with Gasteiger partial charge in [0.25, 0.3) is 0 Å². The van der Waals surface area contributed by atoms with Gasteiger partial charge in [-0.3, -0.25) is 0 Å². The van der Waals surface area contributed by atoms with Crippen molar-refractivity contribution >= 4 is 34.4 Å². The molecule has 1 N–H and O–H groups in total. The first-order chi connectivity index (χ1) is 13.7. The predicted octanol–water partition coefficient (Wildman–Crippen LogP) is 2.17. The minimum Gasteiger partial charge on any atom is -1.00 e. The number of pyridine rings is 1. The lowest BCUT2D eigenvalue weighted by Crippen LogP contribution is -3.00. The van der Waals surface area contributed by atoms with E-state index in [1.807, 2.05) is 6.07 Å². The molecule has 0 saturated heterocycles. The van der Waals surface area contributed by atoms with Crippen molar-refractivity contribution < 1.29 is 26.7 Å². The number of halogens is 1. The third-order valence-corrected chi connectivity index (χ3v) is 6.07. The lowest BCUT2D eigenvalue weighted by Gasteiger charge is -2.18. The van der Waals surface area contributed by atoms with Crippen molar-refractivity contribution in [3.8, 4) is 0 Å². The number of benzene rings is 2. The van der Waals surface area contributed by atoms with Crippen LogP contribution >= 0.6 is 11.8 Å². The van der Waals surface area contributed by atoms with Crippen LogP contribution < -0.4 is 26.4 Å². The second-order valence-electron chi connectivity index (χ2n) is 7.10. The highest BCUT2D eigenvalue weighted by atomic mass is 79.9. The second kappa shape index (κ2) is 9.61. The van der Waals surface area contributed by atoms with E-state index in [1.54, 1.807) is 11.8 Å². The first kappa shape index (κ1) is 21.6. The SMILES string of the molecule is CC(C)[n+]1ccc(C=CC=C2Sc3ccccc3N2CCO)c2ccccc21.[Br-]. The van der Waals surface area contributed by atoms with Crippen LogP contribution in [-0.4, -0.2) is 18.3 Å². The van der Waals surface area contributed by atoms with Crippen molar-refractivity contribution in [1.82, 2.24) is 0 Å². The third kappa shape index (κ3) is 4.42. The van der Waals surface area contributed by atoms with Crippen molar-refractivity contribution in [2.75, 3.05) is 18.1 Å². The van der Waals surface area contributed by atoms with E-state index < -0.39 is 0 Å². The van der Waals surface area contributed by atoms with Gasteiger partial charge in [0.15, 0.2) is 12.2 Å². The first-order valence-electron chi connectivity index (χ1n) is 9.65. The van der Waals surface area contributed by atoms with Crippen LogP contribution in [0.3, 0.4) is 0 Å². The van der Waals surface area contributed by atoms with Crippen LogP contribution in [0.15, 0.2) is 82.9 Å². The molecule has 0 amide bonds. The summed E-state index contributed by atoms with van der Waals surface area (Å²) in [6, 6.07) is 19.5. The number of allylic oxidation sites excluding steroid dienone is 2. The van der Waals surface area contributed by atoms with Gasteiger partial charge in [0, 0.05) is 23.6 Å². The van der Waals surface area contributed by atoms with Crippen LogP contribution in [0.2, 0.25) is 0 Å². The van der Waals surface area contributed by atoms with Gasteiger partial charge in [-0.25, -0.2) is 0 Å². The predicted molar refractivity (Wildman–Crippen MR) is 118 cm³/mol. The van der Waals surface area contributed by atoms with E-state index in [-0.39, 0.29) is 23.6 Å². The van der Waals surface area contributed by atoms with E-state index in [9.17, 15) is 5.11 Å². The summed E-state index contributed by atoms with van der Waals surface area (Å²) in [4.78, 5) is 3.42. The van der Waals surface area contributed by atoms with Crippen LogP contribution in [0.25, 0.3) is 17.0 Å². The molecule has 4 rings (SSSR count). The maximum absolute atomic E-state index is 9.46. The Balaban J connectivity index is 0.00000240. The van der Waals surface area contributed by atoms with Crippen molar-refractivity contribution in [3.05, 3.63) is 83.5 Å². The summed E-state index contributed by atoms with van der Waals surface area (Å²) in [5, 5.41) is 11.9. The van der Waals surface area contributed by atoms with E-state index in [4.69, 9.17) is 0 Å². The number of anilines is 1. The zero-order chi connectivity index (χ0) is 19.5. The molecule has 3 aromatic rings. The fraction of sp³-hybridized carbons (Fsp3) is 0.208. The Hall–Kier alpha value is -2.08. The Labute approximate surface area is 187 Å². The van der Waals surface area contributed by atoms with Gasteiger partial charge in [-0.2, -0.15) is 4.57 Å². The number of thioether (sulfide) groups is 1. The molecular formula is C24H25BrN2OS. The normalized spacial score (nSPS) is 14.8. The number of aromatic nitrogens is 1. The van der Waals surface area contributed by atoms with E-state index >= 15 is 0 Å². The molecule has 1 aliphatic rings. The summed E-state index contributed by atoms with van der Waals surface area (Å²) in [7, 11) is 0. The molecule has 2 heterocycles. The van der Waals surface area contributed by atoms with Gasteiger partial charge in [0.2, 0.25) is 5.52 Å². The van der Waals surface area contributed by atoms with Crippen LogP contribution in [0.5, 0.6) is 0 Å². The summed E-state index contributed by atoms with van der Waals surface area (Å²) in [6.07, 6.45) is 8.58. The highest BCUT2D eigenvalue weighted by molar-refractivity contribution is 8.03. The quantitative estimate of drug-likeness (QED) is 0.581. The molecule has 5 heteroatoms. The molecule has 0 unspecified atom stereocenters. The van der Waals surface area contributed by atoms with Gasteiger partial charge in [0.1, 0.15) is 0 Å². The molecule has 0 fully saturated rings. The molecule has 1 aliphatic heterocycles. The van der Waals surface area contributed by atoms with Gasteiger partial charge in [0.05, 0.1) is 22.7 Å². The molecule has 0 saturated carbocycles. The number of hydrogen-bond donors (Lipinski definition) is 1. The Morgan fingerprint density at radius 2 is 1.83 bits per heavy atom. The molecule has 0 spiro atoms. The summed E-state index contributed by atoms with van der Waals surface area (Å²) in [6.45, 7) is 5.15. The Bertz CT molecular complexity index is 1060. The summed E-state index contributed by atoms with van der Waals surface area (Å²) >= 11 is 1.75. The van der Waals surface area contributed by atoms with E-state index in [0.29, 0.717) is 12.6 Å². The number of para-hydroxylation sites is 2. The summed E-state index contributed by atoms with van der Waals surface area (Å²) < 4.78 is 2.30. The highest BCUT2D eigenvalue weighted by Gasteiger charge is 2.23. The molecule has 0 radical (unpaired) electrons. The first-order valence-corrected chi connectivity index (χ1v) is 10.5. The Kier molecular flexibility index (Phi) is 7.17. The van der Waals surface area contributed by atoms with Crippen LogP contribution in [0, 0.1) is 0 Å². The maximum Gasteiger partial charge on any atom is 0.213 e. The Morgan fingerprint density at radius 1 is 1.07 bits per heavy atom. The number of aliphatic hydroxyl groups is 1. The molecule has 2 aromatic carbocycles. The molecule has 150 valence electrons. The lowest BCUT2D eigenvalue weighted by atomic mass is 10.1. The largest absolute Gasteiger partial charge is 1.00 e. The maximum atomic E-state index is 9.46. The zero-order valence-corrected chi connectivity index (χ0v) is 19.0. The number of aliphatic hydroxyl groups excluding tert-OH is 1. The number of β-amino-alcohol motifs (C(OH)–C–C–N with tert-alkyl or cyclic N) is 1. The number of nitrogens with zero attached hydrogens (tertiary/aromatic N) is 2. The molecule has 3 nitrogen and oxygen atoms in total. The standard InChI is InChI=1S/C24H25N2OS.BrH/c1-18(2)25-15-14-19(20-9-3-4-10-21(20)25)8-7-13-24-26(16-17-27)22-11-5-6-12-23(22)28-24;/h3-15,18,27H,16-17H2,1-2H3;1H/q+1;/p-1. The minimum absolute atomic E-state index is 0. The summed E-state index contributed by atoms with van der Waals surface area (Å²) in [5.41, 5.74) is 3.62. The van der Waals surface area contributed by atoms with Gasteiger partial charge in [-0.05, 0) is 43.7 Å². The zero-order valence-electron chi connectivity index (χ0n) is 16.6. The number of hydrogen-bond acceptors (Lipinski definition) is 3. The van der Waals surface area contributed by atoms with Crippen molar-refractivity contribution in [3.63, 3.8) is 0 Å². The molecule has 0 atom stereocenters. The van der Waals surface area contributed by atoms with Crippen molar-refractivity contribution in [2.45, 2.75) is 24.8 Å². The number of fused-ring (bicyclic) bond motifs is 2. The highest BCUT2D eigenvalue weighted by Crippen LogP contribution is 2.45. The molecule has 0 aliphatic carbocycles. The van der Waals surface area contributed by atoms with E-state index in [2.05, 4.69) is 96.3 Å². The van der Waals surface area contributed by atoms with Gasteiger partial charge < -0.3 is 27.0 Å². The minimum atomic E-state index is 0. The summed E-state index contributed by atoms with van der Waals surface area (Å²) in [5.74, 6) is 0. The van der Waals surface area contributed by atoms with Gasteiger partial charge >= 0.3 is 0 Å². The third-order valence-electron chi connectivity index (χ3n) is 4.94. The smallest absolute Gasteiger partial charge is 0.213 e. The lowest BCUT2D eigenvalue weighted by molar-refractivity contribution is -0.691. The Morgan fingerprint density at radius 3 is 2.62 bits per heavy atom. The van der Waals surface area contributed by atoms with Gasteiger partial charge in [-0.1, -0.05) is 48.2 Å². The number of rotatable bonds is 5. The average Bonchev–Trinajstić information content (AvgIpc) is 3.06.